The summed E-state index contributed by atoms with van der Waals surface area (Å²) in [5.74, 6) is 0. The largest absolute Gasteiger partial charge is 0.462 e. The van der Waals surface area contributed by atoms with Gasteiger partial charge in [-0.2, -0.15) is 0 Å². The van der Waals surface area contributed by atoms with E-state index in [4.69, 9.17) is 9.47 Å². The first-order valence-electron chi connectivity index (χ1n) is 6.47. The Morgan fingerprint density at radius 2 is 1.95 bits per heavy atom. The van der Waals surface area contributed by atoms with Gasteiger partial charge in [0.15, 0.2) is 0 Å². The Morgan fingerprint density at radius 1 is 1.21 bits per heavy atom. The van der Waals surface area contributed by atoms with Crippen LogP contribution < -0.4 is 4.74 Å². The molecule has 0 radical (unpaired) electrons. The van der Waals surface area contributed by atoms with E-state index in [-0.39, 0.29) is 6.10 Å². The van der Waals surface area contributed by atoms with E-state index in [0.717, 1.165) is 11.3 Å². The summed E-state index contributed by atoms with van der Waals surface area (Å²) < 4.78 is 13.2. The topological polar surface area (TPSA) is 36.3 Å². The maximum Gasteiger partial charge on any atom is 0.298 e. The van der Waals surface area contributed by atoms with Crippen molar-refractivity contribution < 1.29 is 9.47 Å². The molecule has 0 spiro atoms. The number of hydrogen-bond donors (Lipinski definition) is 0. The van der Waals surface area contributed by atoms with Crippen LogP contribution in [0.5, 0.6) is 6.01 Å². The number of aryl methyl sites for hydroxylation is 1. The van der Waals surface area contributed by atoms with Crippen LogP contribution >= 0.6 is 0 Å². The Hall–Kier alpha value is -1.81. The summed E-state index contributed by atoms with van der Waals surface area (Å²) in [5, 5.41) is 0. The van der Waals surface area contributed by atoms with Crippen molar-refractivity contribution in [2.75, 3.05) is 0 Å². The van der Waals surface area contributed by atoms with Gasteiger partial charge < -0.3 is 9.47 Å². The van der Waals surface area contributed by atoms with Gasteiger partial charge in [0.05, 0.1) is 18.4 Å². The van der Waals surface area contributed by atoms with Gasteiger partial charge in [0.1, 0.15) is 6.73 Å². The highest BCUT2D eigenvalue weighted by Gasteiger charge is 2.08. The second kappa shape index (κ2) is 6.38. The molecule has 1 aromatic heterocycles. The molecule has 0 saturated carbocycles. The van der Waals surface area contributed by atoms with E-state index < -0.39 is 0 Å². The van der Waals surface area contributed by atoms with E-state index in [1.54, 1.807) is 0 Å². The van der Waals surface area contributed by atoms with E-state index in [9.17, 15) is 0 Å². The summed E-state index contributed by atoms with van der Waals surface area (Å²) in [4.78, 5) is 4.34. The molecule has 102 valence electrons. The molecule has 0 N–H and O–H groups in total. The first kappa shape index (κ1) is 13.6. The van der Waals surface area contributed by atoms with Gasteiger partial charge in [-0.1, -0.05) is 30.3 Å². The van der Waals surface area contributed by atoms with Crippen LogP contribution in [-0.2, 0) is 18.1 Å². The normalized spacial score (nSPS) is 10.9. The average molecular weight is 260 g/mol. The summed E-state index contributed by atoms with van der Waals surface area (Å²) in [5.41, 5.74) is 2.09. The predicted octanol–water partition coefficient (Wildman–Crippen LogP) is 3.15. The fraction of sp³-hybridized carbons (Fsp3) is 0.400. The molecular formula is C15H20N2O2. The smallest absolute Gasteiger partial charge is 0.298 e. The maximum absolute atomic E-state index is 5.68. The SMILES string of the molecule is Cc1cn(COCc2ccccc2)c(OC(C)C)n1. The molecule has 2 rings (SSSR count). The third kappa shape index (κ3) is 4.10. The maximum atomic E-state index is 5.68. The molecule has 0 unspecified atom stereocenters. The van der Waals surface area contributed by atoms with Crippen LogP contribution in [0.1, 0.15) is 25.1 Å². The van der Waals surface area contributed by atoms with Crippen LogP contribution in [-0.4, -0.2) is 15.7 Å². The van der Waals surface area contributed by atoms with E-state index in [0.29, 0.717) is 19.3 Å². The van der Waals surface area contributed by atoms with Gasteiger partial charge >= 0.3 is 0 Å². The molecule has 0 bridgehead atoms. The summed E-state index contributed by atoms with van der Waals surface area (Å²) in [7, 11) is 0. The standard InChI is InChI=1S/C15H20N2O2/c1-12(2)19-15-16-13(3)9-17(15)11-18-10-14-7-5-4-6-8-14/h4-9,12H,10-11H2,1-3H3. The zero-order valence-electron chi connectivity index (χ0n) is 11.7. The number of hydrogen-bond acceptors (Lipinski definition) is 3. The van der Waals surface area contributed by atoms with Crippen LogP contribution in [0, 0.1) is 6.92 Å². The molecule has 4 nitrogen and oxygen atoms in total. The van der Waals surface area contributed by atoms with Crippen LogP contribution in [0.4, 0.5) is 0 Å². The Labute approximate surface area is 114 Å². The summed E-state index contributed by atoms with van der Waals surface area (Å²) in [6.45, 7) is 6.94. The van der Waals surface area contributed by atoms with Crippen LogP contribution in [0.2, 0.25) is 0 Å². The molecule has 0 aliphatic carbocycles. The second-order valence-corrected chi connectivity index (χ2v) is 4.76. The summed E-state index contributed by atoms with van der Waals surface area (Å²) in [6, 6.07) is 10.7. The Bertz CT molecular complexity index is 506. The second-order valence-electron chi connectivity index (χ2n) is 4.76. The Kier molecular flexibility index (Phi) is 4.58. The molecule has 0 atom stereocenters. The third-order valence-corrected chi connectivity index (χ3v) is 2.54. The first-order valence-corrected chi connectivity index (χ1v) is 6.47. The molecule has 0 fully saturated rings. The van der Waals surface area contributed by atoms with Crippen LogP contribution in [0.3, 0.4) is 0 Å². The van der Waals surface area contributed by atoms with Gasteiger partial charge in [0, 0.05) is 6.20 Å². The van der Waals surface area contributed by atoms with Gasteiger partial charge in [0.2, 0.25) is 0 Å². The minimum atomic E-state index is 0.106. The molecule has 0 aliphatic heterocycles. The highest BCUT2D eigenvalue weighted by Crippen LogP contribution is 2.13. The fourth-order valence-electron chi connectivity index (χ4n) is 1.76. The molecule has 0 amide bonds. The number of imidazole rings is 1. The van der Waals surface area contributed by atoms with Crippen molar-refractivity contribution in [2.45, 2.75) is 40.2 Å². The summed E-state index contributed by atoms with van der Waals surface area (Å²) in [6.07, 6.45) is 2.04. The lowest BCUT2D eigenvalue weighted by atomic mass is 10.2. The van der Waals surface area contributed by atoms with Crippen molar-refractivity contribution in [3.05, 3.63) is 47.8 Å². The van der Waals surface area contributed by atoms with Gasteiger partial charge in [-0.3, -0.25) is 4.57 Å². The van der Waals surface area contributed by atoms with Gasteiger partial charge in [0.25, 0.3) is 6.01 Å². The highest BCUT2D eigenvalue weighted by atomic mass is 16.5. The van der Waals surface area contributed by atoms with E-state index in [1.165, 1.54) is 0 Å². The van der Waals surface area contributed by atoms with E-state index in [2.05, 4.69) is 4.98 Å². The third-order valence-electron chi connectivity index (χ3n) is 2.54. The zero-order chi connectivity index (χ0) is 13.7. The molecule has 1 heterocycles. The van der Waals surface area contributed by atoms with E-state index >= 15 is 0 Å². The van der Waals surface area contributed by atoms with E-state index in [1.807, 2.05) is 61.9 Å². The van der Waals surface area contributed by atoms with Crippen molar-refractivity contribution in [3.8, 4) is 6.01 Å². The van der Waals surface area contributed by atoms with Crippen molar-refractivity contribution in [1.29, 1.82) is 0 Å². The number of nitrogens with zero attached hydrogens (tertiary/aromatic N) is 2. The zero-order valence-corrected chi connectivity index (χ0v) is 11.7. The number of rotatable bonds is 6. The Balaban J connectivity index is 1.92. The summed E-state index contributed by atoms with van der Waals surface area (Å²) >= 11 is 0. The lowest BCUT2D eigenvalue weighted by Crippen LogP contribution is -2.11. The van der Waals surface area contributed by atoms with Crippen LogP contribution in [0.15, 0.2) is 36.5 Å². The minimum absolute atomic E-state index is 0.106. The lowest BCUT2D eigenvalue weighted by Gasteiger charge is -2.11. The van der Waals surface area contributed by atoms with Gasteiger partial charge in [-0.25, -0.2) is 4.98 Å². The molecular weight excluding hydrogens is 240 g/mol. The molecule has 0 aliphatic rings. The lowest BCUT2D eigenvalue weighted by molar-refractivity contribution is 0.0544. The average Bonchev–Trinajstić information content (AvgIpc) is 2.70. The number of ether oxygens (including phenoxy) is 2. The number of benzene rings is 1. The van der Waals surface area contributed by atoms with Crippen molar-refractivity contribution in [2.24, 2.45) is 0 Å². The molecule has 19 heavy (non-hydrogen) atoms. The minimum Gasteiger partial charge on any atom is -0.462 e. The van der Waals surface area contributed by atoms with Crippen molar-refractivity contribution in [1.82, 2.24) is 9.55 Å². The fourth-order valence-corrected chi connectivity index (χ4v) is 1.76. The molecule has 4 heteroatoms. The highest BCUT2D eigenvalue weighted by molar-refractivity contribution is 5.13. The first-order chi connectivity index (χ1) is 9.15. The van der Waals surface area contributed by atoms with Crippen LogP contribution in [0.25, 0.3) is 0 Å². The quantitative estimate of drug-likeness (QED) is 0.800. The van der Waals surface area contributed by atoms with Gasteiger partial charge in [-0.15, -0.1) is 0 Å². The predicted molar refractivity (Wildman–Crippen MR) is 74.0 cm³/mol. The Morgan fingerprint density at radius 3 is 2.63 bits per heavy atom. The van der Waals surface area contributed by atoms with Crippen molar-refractivity contribution >= 4 is 0 Å². The molecule has 1 aromatic carbocycles. The van der Waals surface area contributed by atoms with Gasteiger partial charge in [-0.05, 0) is 26.3 Å². The van der Waals surface area contributed by atoms with Crippen molar-refractivity contribution in [3.63, 3.8) is 0 Å². The monoisotopic (exact) mass is 260 g/mol. The molecule has 0 saturated heterocycles. The number of aromatic nitrogens is 2. The molecule has 2 aromatic rings.